The Morgan fingerprint density at radius 1 is 0.824 bits per heavy atom. The van der Waals surface area contributed by atoms with Crippen molar-refractivity contribution in [3.05, 3.63) is 98.7 Å². The zero-order chi connectivity index (χ0) is 24.6. The van der Waals surface area contributed by atoms with Gasteiger partial charge < -0.3 is 10.6 Å². The maximum absolute atomic E-state index is 13.0. The third-order valence-electron chi connectivity index (χ3n) is 5.49. The SMILES string of the molecule is Cc1ccc(NC(=O)c2ccc(NC3=C(Cl)C(=O)N(c4cc(Cl)ccc4C)C3=O)cc2)c(C)c1. The largest absolute Gasteiger partial charge is 0.350 e. The number of aryl methyl sites for hydroxylation is 3. The molecule has 34 heavy (non-hydrogen) atoms. The minimum atomic E-state index is -0.635. The summed E-state index contributed by atoms with van der Waals surface area (Å²) >= 11 is 12.3. The van der Waals surface area contributed by atoms with Crippen molar-refractivity contribution < 1.29 is 14.4 Å². The Hall–Kier alpha value is -3.61. The van der Waals surface area contributed by atoms with Gasteiger partial charge in [-0.1, -0.05) is 47.0 Å². The second kappa shape index (κ2) is 9.33. The Bertz CT molecular complexity index is 1360. The molecule has 3 amide bonds. The lowest BCUT2D eigenvalue weighted by atomic mass is 10.1. The second-order valence-electron chi connectivity index (χ2n) is 8.04. The Balaban J connectivity index is 1.50. The molecule has 8 heteroatoms. The van der Waals surface area contributed by atoms with Gasteiger partial charge in [0, 0.05) is 22.0 Å². The molecule has 0 bridgehead atoms. The van der Waals surface area contributed by atoms with Crippen LogP contribution in [-0.2, 0) is 9.59 Å². The molecule has 0 spiro atoms. The fourth-order valence-electron chi connectivity index (χ4n) is 3.65. The van der Waals surface area contributed by atoms with Gasteiger partial charge in [-0.2, -0.15) is 0 Å². The van der Waals surface area contributed by atoms with Crippen molar-refractivity contribution in [3.8, 4) is 0 Å². The van der Waals surface area contributed by atoms with Gasteiger partial charge >= 0.3 is 0 Å². The number of benzene rings is 3. The predicted molar refractivity (Wildman–Crippen MR) is 135 cm³/mol. The first kappa shape index (κ1) is 23.5. The minimum Gasteiger partial charge on any atom is -0.350 e. The van der Waals surface area contributed by atoms with Crippen molar-refractivity contribution in [2.75, 3.05) is 15.5 Å². The van der Waals surface area contributed by atoms with E-state index in [4.69, 9.17) is 23.2 Å². The number of carbonyl (C=O) groups is 3. The summed E-state index contributed by atoms with van der Waals surface area (Å²) in [6.07, 6.45) is 0. The van der Waals surface area contributed by atoms with E-state index >= 15 is 0 Å². The molecule has 172 valence electrons. The third-order valence-corrected chi connectivity index (χ3v) is 6.07. The van der Waals surface area contributed by atoms with Gasteiger partial charge in [-0.05, 0) is 74.4 Å². The van der Waals surface area contributed by atoms with Crippen LogP contribution in [0, 0.1) is 20.8 Å². The lowest BCUT2D eigenvalue weighted by Gasteiger charge is -2.17. The maximum atomic E-state index is 13.0. The quantitative estimate of drug-likeness (QED) is 0.430. The third kappa shape index (κ3) is 4.55. The topological polar surface area (TPSA) is 78.5 Å². The van der Waals surface area contributed by atoms with Gasteiger partial charge in [0.2, 0.25) is 0 Å². The van der Waals surface area contributed by atoms with Crippen LogP contribution in [0.2, 0.25) is 5.02 Å². The molecule has 4 rings (SSSR count). The Morgan fingerprint density at radius 2 is 1.53 bits per heavy atom. The maximum Gasteiger partial charge on any atom is 0.283 e. The lowest BCUT2D eigenvalue weighted by Crippen LogP contribution is -2.32. The van der Waals surface area contributed by atoms with Crippen molar-refractivity contribution in [3.63, 3.8) is 0 Å². The molecule has 0 atom stereocenters. The van der Waals surface area contributed by atoms with Gasteiger partial charge in [0.15, 0.2) is 0 Å². The van der Waals surface area contributed by atoms with Crippen molar-refractivity contribution in [2.24, 2.45) is 0 Å². The van der Waals surface area contributed by atoms with E-state index in [0.29, 0.717) is 27.5 Å². The Morgan fingerprint density at radius 3 is 2.21 bits per heavy atom. The van der Waals surface area contributed by atoms with E-state index < -0.39 is 11.8 Å². The summed E-state index contributed by atoms with van der Waals surface area (Å²) in [6.45, 7) is 5.69. The zero-order valence-electron chi connectivity index (χ0n) is 18.7. The van der Waals surface area contributed by atoms with Gasteiger partial charge in [-0.25, -0.2) is 4.90 Å². The molecular formula is C26H21Cl2N3O3. The van der Waals surface area contributed by atoms with E-state index in [2.05, 4.69) is 10.6 Å². The number of rotatable bonds is 5. The van der Waals surface area contributed by atoms with Crippen LogP contribution in [0.3, 0.4) is 0 Å². The van der Waals surface area contributed by atoms with Crippen LogP contribution in [0.4, 0.5) is 17.1 Å². The highest BCUT2D eigenvalue weighted by atomic mass is 35.5. The van der Waals surface area contributed by atoms with E-state index in [1.165, 1.54) is 0 Å². The molecule has 1 heterocycles. The number of nitrogens with one attached hydrogen (secondary N) is 2. The standard InChI is InChI=1S/C26H21Cl2N3O3/c1-14-4-11-20(16(3)12-14)30-24(32)17-6-9-19(10-7-17)29-23-22(28)25(33)31(26(23)34)21-13-18(27)8-5-15(21)2/h4-13,29H,1-3H3,(H,30,32). The number of anilines is 3. The smallest absolute Gasteiger partial charge is 0.283 e. The van der Waals surface area contributed by atoms with Crippen LogP contribution in [0.15, 0.2) is 71.4 Å². The van der Waals surface area contributed by atoms with Gasteiger partial charge in [-0.15, -0.1) is 0 Å². The van der Waals surface area contributed by atoms with Crippen LogP contribution in [0.1, 0.15) is 27.0 Å². The van der Waals surface area contributed by atoms with E-state index in [0.717, 1.165) is 21.7 Å². The van der Waals surface area contributed by atoms with Crippen LogP contribution in [-0.4, -0.2) is 17.7 Å². The second-order valence-corrected chi connectivity index (χ2v) is 8.85. The van der Waals surface area contributed by atoms with Crippen LogP contribution in [0.5, 0.6) is 0 Å². The summed E-state index contributed by atoms with van der Waals surface area (Å²) in [7, 11) is 0. The summed E-state index contributed by atoms with van der Waals surface area (Å²) < 4.78 is 0. The first-order valence-corrected chi connectivity index (χ1v) is 11.2. The fourth-order valence-corrected chi connectivity index (χ4v) is 4.03. The highest BCUT2D eigenvalue weighted by Crippen LogP contribution is 2.33. The molecule has 0 aromatic heterocycles. The zero-order valence-corrected chi connectivity index (χ0v) is 20.2. The molecule has 2 N–H and O–H groups in total. The molecule has 0 aliphatic carbocycles. The van der Waals surface area contributed by atoms with E-state index in [1.54, 1.807) is 49.4 Å². The summed E-state index contributed by atoms with van der Waals surface area (Å²) in [4.78, 5) is 39.4. The van der Waals surface area contributed by atoms with Crippen molar-refractivity contribution >= 4 is 58.0 Å². The molecular weight excluding hydrogens is 473 g/mol. The molecule has 3 aromatic rings. The summed E-state index contributed by atoms with van der Waals surface area (Å²) in [5.74, 6) is -1.48. The van der Waals surface area contributed by atoms with E-state index in [-0.39, 0.29) is 16.6 Å². The Labute approximate surface area is 207 Å². The molecule has 0 fully saturated rings. The van der Waals surface area contributed by atoms with Crippen molar-refractivity contribution in [2.45, 2.75) is 20.8 Å². The van der Waals surface area contributed by atoms with Crippen molar-refractivity contribution in [1.82, 2.24) is 0 Å². The van der Waals surface area contributed by atoms with Crippen LogP contribution in [0.25, 0.3) is 0 Å². The minimum absolute atomic E-state index is 0.0430. The van der Waals surface area contributed by atoms with E-state index in [1.807, 2.05) is 32.0 Å². The number of hydrogen-bond donors (Lipinski definition) is 2. The summed E-state index contributed by atoms with van der Waals surface area (Å²) in [5.41, 5.74) is 4.80. The molecule has 0 saturated heterocycles. The van der Waals surface area contributed by atoms with E-state index in [9.17, 15) is 14.4 Å². The number of imide groups is 1. The number of halogens is 2. The summed E-state index contributed by atoms with van der Waals surface area (Å²) in [6, 6.07) is 17.3. The van der Waals surface area contributed by atoms with Crippen molar-refractivity contribution in [1.29, 1.82) is 0 Å². The fraction of sp³-hybridized carbons (Fsp3) is 0.115. The first-order chi connectivity index (χ1) is 16.2. The lowest BCUT2D eigenvalue weighted by molar-refractivity contribution is -0.120. The average molecular weight is 494 g/mol. The van der Waals surface area contributed by atoms with Gasteiger partial charge in [0.05, 0.1) is 5.69 Å². The highest BCUT2D eigenvalue weighted by Gasteiger charge is 2.39. The number of amides is 3. The molecule has 3 aromatic carbocycles. The van der Waals surface area contributed by atoms with Gasteiger partial charge in [-0.3, -0.25) is 14.4 Å². The number of nitrogens with zero attached hydrogens (tertiary/aromatic N) is 1. The molecule has 0 saturated carbocycles. The first-order valence-electron chi connectivity index (χ1n) is 10.5. The highest BCUT2D eigenvalue weighted by molar-refractivity contribution is 6.53. The Kier molecular flexibility index (Phi) is 6.46. The average Bonchev–Trinajstić information content (AvgIpc) is 3.01. The summed E-state index contributed by atoms with van der Waals surface area (Å²) in [5, 5.41) is 5.98. The molecule has 1 aliphatic rings. The number of hydrogen-bond acceptors (Lipinski definition) is 4. The van der Waals surface area contributed by atoms with Crippen LogP contribution >= 0.6 is 23.2 Å². The molecule has 0 radical (unpaired) electrons. The molecule has 0 unspecified atom stereocenters. The van der Waals surface area contributed by atoms with Gasteiger partial charge in [0.1, 0.15) is 10.7 Å². The monoisotopic (exact) mass is 493 g/mol. The van der Waals surface area contributed by atoms with Gasteiger partial charge in [0.25, 0.3) is 17.7 Å². The van der Waals surface area contributed by atoms with Crippen LogP contribution < -0.4 is 15.5 Å². The number of carbonyl (C=O) groups excluding carboxylic acids is 3. The normalized spacial score (nSPS) is 13.5. The molecule has 6 nitrogen and oxygen atoms in total. The predicted octanol–water partition coefficient (Wildman–Crippen LogP) is 5.95. The molecule has 1 aliphatic heterocycles.